The number of rotatable bonds is 5. The molecule has 2 heterocycles. The summed E-state index contributed by atoms with van der Waals surface area (Å²) in [6.07, 6.45) is 8.45. The zero-order valence-corrected chi connectivity index (χ0v) is 12.3. The van der Waals surface area contributed by atoms with E-state index in [1.807, 2.05) is 0 Å². The van der Waals surface area contributed by atoms with Gasteiger partial charge in [0.15, 0.2) is 0 Å². The second-order valence-corrected chi connectivity index (χ2v) is 6.37. The molecule has 1 aliphatic carbocycles. The molecule has 1 aliphatic heterocycles. The van der Waals surface area contributed by atoms with Crippen LogP contribution >= 0.6 is 0 Å². The number of nitrogens with one attached hydrogen (secondary N) is 1. The van der Waals surface area contributed by atoms with Crippen molar-refractivity contribution in [3.05, 3.63) is 18.0 Å². The molecule has 19 heavy (non-hydrogen) atoms. The van der Waals surface area contributed by atoms with Crippen LogP contribution in [0, 0.1) is 5.92 Å². The molecule has 4 heteroatoms. The van der Waals surface area contributed by atoms with Crippen molar-refractivity contribution in [3.8, 4) is 0 Å². The lowest BCUT2D eigenvalue weighted by Gasteiger charge is -2.27. The zero-order chi connectivity index (χ0) is 13.4. The molecule has 1 saturated heterocycles. The van der Waals surface area contributed by atoms with Crippen LogP contribution in [-0.4, -0.2) is 40.9 Å². The minimum atomic E-state index is 0.451. The molecule has 106 valence electrons. The summed E-state index contributed by atoms with van der Waals surface area (Å²) < 4.78 is 2.09. The van der Waals surface area contributed by atoms with Crippen LogP contribution in [0.2, 0.25) is 0 Å². The predicted octanol–water partition coefficient (Wildman–Crippen LogP) is 2.21. The number of aromatic nitrogens is 2. The van der Waals surface area contributed by atoms with Crippen molar-refractivity contribution >= 4 is 0 Å². The van der Waals surface area contributed by atoms with E-state index in [0.29, 0.717) is 12.1 Å². The molecule has 3 rings (SSSR count). The van der Waals surface area contributed by atoms with Gasteiger partial charge >= 0.3 is 0 Å². The van der Waals surface area contributed by atoms with Crippen molar-refractivity contribution in [3.63, 3.8) is 0 Å². The summed E-state index contributed by atoms with van der Waals surface area (Å²) in [5.41, 5.74) is 1.42. The first kappa shape index (κ1) is 13.1. The Balaban J connectivity index is 1.83. The molecule has 1 aromatic heterocycles. The van der Waals surface area contributed by atoms with Crippen LogP contribution in [-0.2, 0) is 0 Å². The molecular formula is C15H26N4. The zero-order valence-electron chi connectivity index (χ0n) is 12.3. The maximum atomic E-state index is 4.54. The summed E-state index contributed by atoms with van der Waals surface area (Å²) in [6, 6.07) is 1.87. The van der Waals surface area contributed by atoms with Gasteiger partial charge < -0.3 is 5.32 Å². The molecule has 2 atom stereocenters. The minimum absolute atomic E-state index is 0.451. The van der Waals surface area contributed by atoms with E-state index < -0.39 is 0 Å². The van der Waals surface area contributed by atoms with E-state index in [9.17, 15) is 0 Å². The third kappa shape index (κ3) is 2.56. The molecule has 1 N–H and O–H groups in total. The molecule has 0 aromatic carbocycles. The molecule has 2 fully saturated rings. The molecule has 0 amide bonds. The van der Waals surface area contributed by atoms with Crippen molar-refractivity contribution < 1.29 is 0 Å². The highest BCUT2D eigenvalue weighted by atomic mass is 15.3. The van der Waals surface area contributed by atoms with E-state index in [1.54, 1.807) is 0 Å². The van der Waals surface area contributed by atoms with Gasteiger partial charge in [-0.05, 0) is 59.2 Å². The van der Waals surface area contributed by atoms with Crippen LogP contribution in [0.15, 0.2) is 12.4 Å². The van der Waals surface area contributed by atoms with E-state index in [-0.39, 0.29) is 0 Å². The van der Waals surface area contributed by atoms with Crippen molar-refractivity contribution in [1.82, 2.24) is 20.0 Å². The number of hydrogen-bond acceptors (Lipinski definition) is 3. The summed E-state index contributed by atoms with van der Waals surface area (Å²) in [5.74, 6) is 0.732. The summed E-state index contributed by atoms with van der Waals surface area (Å²) >= 11 is 0. The van der Waals surface area contributed by atoms with Gasteiger partial charge in [0, 0.05) is 29.9 Å². The molecule has 2 unspecified atom stereocenters. The van der Waals surface area contributed by atoms with Gasteiger partial charge in [0.1, 0.15) is 0 Å². The van der Waals surface area contributed by atoms with Crippen molar-refractivity contribution in [2.24, 2.45) is 5.92 Å². The first-order chi connectivity index (χ1) is 9.20. The average molecular weight is 262 g/mol. The Morgan fingerprint density at radius 3 is 2.74 bits per heavy atom. The summed E-state index contributed by atoms with van der Waals surface area (Å²) in [4.78, 5) is 2.73. The highest BCUT2D eigenvalue weighted by Crippen LogP contribution is 2.43. The van der Waals surface area contributed by atoms with E-state index >= 15 is 0 Å². The molecule has 0 bridgehead atoms. The lowest BCUT2D eigenvalue weighted by atomic mass is 9.95. The van der Waals surface area contributed by atoms with Gasteiger partial charge in [-0.3, -0.25) is 9.58 Å². The summed E-state index contributed by atoms with van der Waals surface area (Å²) in [6.45, 7) is 6.75. The second-order valence-electron chi connectivity index (χ2n) is 6.37. The second kappa shape index (κ2) is 5.25. The van der Waals surface area contributed by atoms with Crippen molar-refractivity contribution in [2.75, 3.05) is 20.1 Å². The molecule has 4 nitrogen and oxygen atoms in total. The van der Waals surface area contributed by atoms with Crippen molar-refractivity contribution in [2.45, 2.75) is 51.2 Å². The van der Waals surface area contributed by atoms with Gasteiger partial charge in [-0.2, -0.15) is 5.10 Å². The normalized spacial score (nSPS) is 28.4. The van der Waals surface area contributed by atoms with Crippen LogP contribution in [0.5, 0.6) is 0 Å². The first-order valence-corrected chi connectivity index (χ1v) is 7.65. The van der Waals surface area contributed by atoms with E-state index in [0.717, 1.165) is 18.5 Å². The van der Waals surface area contributed by atoms with E-state index in [2.05, 4.69) is 53.3 Å². The lowest BCUT2D eigenvalue weighted by Crippen LogP contribution is -2.30. The Bertz CT molecular complexity index is 422. The summed E-state index contributed by atoms with van der Waals surface area (Å²) in [7, 11) is 2.06. The first-order valence-electron chi connectivity index (χ1n) is 7.65. The van der Waals surface area contributed by atoms with Gasteiger partial charge in [0.05, 0.1) is 6.20 Å². The third-order valence-electron chi connectivity index (χ3n) is 4.54. The Labute approximate surface area is 116 Å². The SMILES string of the molecule is CNCC1CCN(C2CC2)C1c1cnn(C(C)C)c1. The molecule has 2 aliphatic rings. The fourth-order valence-corrected chi connectivity index (χ4v) is 3.43. The highest BCUT2D eigenvalue weighted by molar-refractivity contribution is 5.16. The van der Waals surface area contributed by atoms with Crippen LogP contribution in [0.1, 0.15) is 50.8 Å². The van der Waals surface area contributed by atoms with Gasteiger partial charge in [0.25, 0.3) is 0 Å². The van der Waals surface area contributed by atoms with Crippen LogP contribution in [0.25, 0.3) is 0 Å². The number of nitrogens with zero attached hydrogens (tertiary/aromatic N) is 3. The quantitative estimate of drug-likeness (QED) is 0.883. The fraction of sp³-hybridized carbons (Fsp3) is 0.800. The molecule has 0 spiro atoms. The predicted molar refractivity (Wildman–Crippen MR) is 77.1 cm³/mol. The third-order valence-corrected chi connectivity index (χ3v) is 4.54. The molecular weight excluding hydrogens is 236 g/mol. The largest absolute Gasteiger partial charge is 0.319 e. The van der Waals surface area contributed by atoms with Gasteiger partial charge in [-0.25, -0.2) is 0 Å². The Hall–Kier alpha value is -0.870. The standard InChI is InChI=1S/C15H26N4/c1-11(2)19-10-13(9-17-19)15-12(8-16-3)6-7-18(15)14-4-5-14/h9-12,14-16H,4-8H2,1-3H3. The van der Waals surface area contributed by atoms with Crippen molar-refractivity contribution in [1.29, 1.82) is 0 Å². The smallest absolute Gasteiger partial charge is 0.0537 e. The van der Waals surface area contributed by atoms with Crippen LogP contribution in [0.4, 0.5) is 0 Å². The molecule has 0 radical (unpaired) electrons. The number of likely N-dealkylation sites (tertiary alicyclic amines) is 1. The Morgan fingerprint density at radius 2 is 2.16 bits per heavy atom. The molecule has 1 saturated carbocycles. The van der Waals surface area contributed by atoms with Crippen LogP contribution in [0.3, 0.4) is 0 Å². The fourth-order valence-electron chi connectivity index (χ4n) is 3.43. The van der Waals surface area contributed by atoms with Gasteiger partial charge in [0.2, 0.25) is 0 Å². The molecule has 1 aromatic rings. The van der Waals surface area contributed by atoms with E-state index in [4.69, 9.17) is 0 Å². The highest BCUT2D eigenvalue weighted by Gasteiger charge is 2.42. The van der Waals surface area contributed by atoms with Gasteiger partial charge in [-0.15, -0.1) is 0 Å². The lowest BCUT2D eigenvalue weighted by molar-refractivity contribution is 0.217. The summed E-state index contributed by atoms with van der Waals surface area (Å²) in [5, 5.41) is 7.90. The van der Waals surface area contributed by atoms with Crippen LogP contribution < -0.4 is 5.32 Å². The Morgan fingerprint density at radius 1 is 1.37 bits per heavy atom. The average Bonchev–Trinajstić information content (AvgIpc) is 2.96. The maximum Gasteiger partial charge on any atom is 0.0537 e. The number of hydrogen-bond donors (Lipinski definition) is 1. The maximum absolute atomic E-state index is 4.54. The minimum Gasteiger partial charge on any atom is -0.319 e. The van der Waals surface area contributed by atoms with Gasteiger partial charge in [-0.1, -0.05) is 0 Å². The topological polar surface area (TPSA) is 33.1 Å². The monoisotopic (exact) mass is 262 g/mol. The Kier molecular flexibility index (Phi) is 3.63. The van der Waals surface area contributed by atoms with E-state index in [1.165, 1.54) is 31.4 Å².